The predicted octanol–water partition coefficient (Wildman–Crippen LogP) is 0.675. The van der Waals surface area contributed by atoms with Gasteiger partial charge in [0.05, 0.1) is 5.41 Å². The molecule has 1 aromatic heterocycles. The van der Waals surface area contributed by atoms with Crippen LogP contribution in [0, 0.1) is 12.3 Å². The van der Waals surface area contributed by atoms with E-state index in [-0.39, 0.29) is 0 Å². The lowest BCUT2D eigenvalue weighted by molar-refractivity contribution is -0.147. The van der Waals surface area contributed by atoms with E-state index in [1.54, 1.807) is 6.92 Å². The smallest absolute Gasteiger partial charge is 0.310 e. The van der Waals surface area contributed by atoms with Gasteiger partial charge in [0.25, 0.3) is 0 Å². The summed E-state index contributed by atoms with van der Waals surface area (Å²) < 4.78 is 4.61. The highest BCUT2D eigenvalue weighted by Gasteiger charge is 2.40. The molecule has 2 rings (SSSR count). The van der Waals surface area contributed by atoms with Crippen molar-refractivity contribution < 1.29 is 14.5 Å². The Morgan fingerprint density at radius 3 is 2.88 bits per heavy atom. The van der Waals surface area contributed by atoms with Crippen LogP contribution in [0.4, 0.5) is 0 Å². The van der Waals surface area contributed by atoms with Gasteiger partial charge in [-0.2, -0.15) is 0 Å². The maximum Gasteiger partial charge on any atom is 0.310 e. The SMILES string of the molecule is Cc1nonc1CN1CCC(C)(C(=O)O)C1. The predicted molar refractivity (Wildman–Crippen MR) is 54.7 cm³/mol. The third kappa shape index (κ3) is 1.92. The van der Waals surface area contributed by atoms with Gasteiger partial charge in [0.1, 0.15) is 11.4 Å². The van der Waals surface area contributed by atoms with Crippen LogP contribution in [0.1, 0.15) is 24.7 Å². The number of carbonyl (C=O) groups is 1. The van der Waals surface area contributed by atoms with Crippen LogP contribution in [0.15, 0.2) is 4.63 Å². The lowest BCUT2D eigenvalue weighted by Crippen LogP contribution is -2.31. The van der Waals surface area contributed by atoms with E-state index in [9.17, 15) is 4.79 Å². The first-order valence-corrected chi connectivity index (χ1v) is 5.25. The highest BCUT2D eigenvalue weighted by Crippen LogP contribution is 2.30. The van der Waals surface area contributed by atoms with Gasteiger partial charge in [0.2, 0.25) is 0 Å². The van der Waals surface area contributed by atoms with E-state index in [0.717, 1.165) is 17.9 Å². The molecule has 0 amide bonds. The van der Waals surface area contributed by atoms with E-state index >= 15 is 0 Å². The first kappa shape index (κ1) is 11.1. The third-order valence-corrected chi connectivity index (χ3v) is 3.19. The molecule has 6 nitrogen and oxygen atoms in total. The van der Waals surface area contributed by atoms with Gasteiger partial charge in [-0.1, -0.05) is 10.3 Å². The molecule has 0 spiro atoms. The Kier molecular flexibility index (Phi) is 2.67. The highest BCUT2D eigenvalue weighted by atomic mass is 16.6. The van der Waals surface area contributed by atoms with Crippen molar-refractivity contribution >= 4 is 5.97 Å². The van der Waals surface area contributed by atoms with E-state index < -0.39 is 11.4 Å². The van der Waals surface area contributed by atoms with Crippen molar-refractivity contribution in [1.29, 1.82) is 0 Å². The summed E-state index contributed by atoms with van der Waals surface area (Å²) in [5.74, 6) is -0.731. The second-order valence-corrected chi connectivity index (χ2v) is 4.62. The summed E-state index contributed by atoms with van der Waals surface area (Å²) in [5.41, 5.74) is 0.920. The van der Waals surface area contributed by atoms with Gasteiger partial charge in [-0.25, -0.2) is 4.63 Å². The summed E-state index contributed by atoms with van der Waals surface area (Å²) in [4.78, 5) is 13.1. The van der Waals surface area contributed by atoms with Crippen molar-refractivity contribution in [1.82, 2.24) is 15.2 Å². The fourth-order valence-electron chi connectivity index (χ4n) is 1.97. The van der Waals surface area contributed by atoms with Gasteiger partial charge < -0.3 is 5.11 Å². The third-order valence-electron chi connectivity index (χ3n) is 3.19. The van der Waals surface area contributed by atoms with Crippen LogP contribution in [0.3, 0.4) is 0 Å². The summed E-state index contributed by atoms with van der Waals surface area (Å²) in [6.45, 7) is 5.55. The fraction of sp³-hybridized carbons (Fsp3) is 0.700. The van der Waals surface area contributed by atoms with Crippen molar-refractivity contribution in [3.63, 3.8) is 0 Å². The summed E-state index contributed by atoms with van der Waals surface area (Å²) in [6, 6.07) is 0. The Labute approximate surface area is 93.2 Å². The van der Waals surface area contributed by atoms with Crippen LogP contribution in [0.25, 0.3) is 0 Å². The minimum Gasteiger partial charge on any atom is -0.481 e. The Hall–Kier alpha value is -1.43. The normalized spacial score (nSPS) is 26.1. The number of rotatable bonds is 3. The number of nitrogens with zero attached hydrogens (tertiary/aromatic N) is 3. The lowest BCUT2D eigenvalue weighted by atomic mass is 9.90. The van der Waals surface area contributed by atoms with Crippen LogP contribution in [0.5, 0.6) is 0 Å². The lowest BCUT2D eigenvalue weighted by Gasteiger charge is -2.19. The van der Waals surface area contributed by atoms with Crippen LogP contribution in [-0.2, 0) is 11.3 Å². The Morgan fingerprint density at radius 2 is 2.38 bits per heavy atom. The molecular formula is C10H15N3O3. The molecule has 2 heterocycles. The van der Waals surface area contributed by atoms with E-state index in [2.05, 4.69) is 19.8 Å². The standard InChI is InChI=1S/C10H15N3O3/c1-7-8(12-16-11-7)5-13-4-3-10(2,6-13)9(14)15/h3-6H2,1-2H3,(H,14,15). The van der Waals surface area contributed by atoms with Crippen LogP contribution in [-0.4, -0.2) is 39.4 Å². The summed E-state index contributed by atoms with van der Waals surface area (Å²) in [7, 11) is 0. The summed E-state index contributed by atoms with van der Waals surface area (Å²) in [6.07, 6.45) is 0.673. The number of hydrogen-bond acceptors (Lipinski definition) is 5. The molecule has 1 fully saturated rings. The van der Waals surface area contributed by atoms with Crippen molar-refractivity contribution in [2.45, 2.75) is 26.8 Å². The number of carboxylic acids is 1. The molecule has 0 radical (unpaired) electrons. The van der Waals surface area contributed by atoms with E-state index in [1.807, 2.05) is 6.92 Å². The molecule has 88 valence electrons. The van der Waals surface area contributed by atoms with E-state index in [4.69, 9.17) is 5.11 Å². The number of aliphatic carboxylic acids is 1. The van der Waals surface area contributed by atoms with Crippen LogP contribution in [0.2, 0.25) is 0 Å². The number of aryl methyl sites for hydroxylation is 1. The first-order chi connectivity index (χ1) is 7.51. The molecule has 6 heteroatoms. The number of aromatic nitrogens is 2. The molecule has 1 N–H and O–H groups in total. The van der Waals surface area contributed by atoms with Crippen LogP contribution >= 0.6 is 0 Å². The van der Waals surface area contributed by atoms with Gasteiger partial charge in [0, 0.05) is 13.1 Å². The van der Waals surface area contributed by atoms with Gasteiger partial charge in [-0.3, -0.25) is 9.69 Å². The molecule has 1 aliphatic heterocycles. The van der Waals surface area contributed by atoms with Crippen molar-refractivity contribution in [3.05, 3.63) is 11.4 Å². The zero-order valence-electron chi connectivity index (χ0n) is 9.43. The van der Waals surface area contributed by atoms with E-state index in [0.29, 0.717) is 19.5 Å². The highest BCUT2D eigenvalue weighted by molar-refractivity contribution is 5.74. The summed E-state index contributed by atoms with van der Waals surface area (Å²) >= 11 is 0. The van der Waals surface area contributed by atoms with Gasteiger partial charge in [0.15, 0.2) is 0 Å². The van der Waals surface area contributed by atoms with E-state index in [1.165, 1.54) is 0 Å². The maximum atomic E-state index is 11.1. The molecule has 1 aliphatic rings. The second-order valence-electron chi connectivity index (χ2n) is 4.62. The Morgan fingerprint density at radius 1 is 1.62 bits per heavy atom. The largest absolute Gasteiger partial charge is 0.481 e. The molecular weight excluding hydrogens is 210 g/mol. The average Bonchev–Trinajstić information content (AvgIpc) is 2.77. The monoisotopic (exact) mass is 225 g/mol. The number of carboxylic acid groups (broad SMARTS) is 1. The first-order valence-electron chi connectivity index (χ1n) is 5.25. The zero-order valence-corrected chi connectivity index (χ0v) is 9.43. The molecule has 1 saturated heterocycles. The molecule has 0 aromatic carbocycles. The van der Waals surface area contributed by atoms with Crippen molar-refractivity contribution in [2.75, 3.05) is 13.1 Å². The van der Waals surface area contributed by atoms with Crippen molar-refractivity contribution in [2.24, 2.45) is 5.41 Å². The molecule has 16 heavy (non-hydrogen) atoms. The molecule has 0 saturated carbocycles. The minimum absolute atomic E-state index is 0.550. The topological polar surface area (TPSA) is 79.5 Å². The number of hydrogen-bond donors (Lipinski definition) is 1. The molecule has 0 aliphatic carbocycles. The average molecular weight is 225 g/mol. The Balaban J connectivity index is 2.00. The van der Waals surface area contributed by atoms with Gasteiger partial charge in [-0.15, -0.1) is 0 Å². The van der Waals surface area contributed by atoms with Gasteiger partial charge in [-0.05, 0) is 26.8 Å². The molecule has 0 bridgehead atoms. The molecule has 1 unspecified atom stereocenters. The van der Waals surface area contributed by atoms with Crippen molar-refractivity contribution in [3.8, 4) is 0 Å². The fourth-order valence-corrected chi connectivity index (χ4v) is 1.97. The second kappa shape index (κ2) is 3.86. The zero-order chi connectivity index (χ0) is 11.8. The molecule has 1 atom stereocenters. The van der Waals surface area contributed by atoms with Gasteiger partial charge >= 0.3 is 5.97 Å². The quantitative estimate of drug-likeness (QED) is 0.814. The maximum absolute atomic E-state index is 11.1. The summed E-state index contributed by atoms with van der Waals surface area (Å²) in [5, 5.41) is 16.6. The Bertz CT molecular complexity index is 404. The van der Waals surface area contributed by atoms with Crippen LogP contribution < -0.4 is 0 Å². The number of likely N-dealkylation sites (tertiary alicyclic amines) is 1. The minimum atomic E-state index is -0.731. The molecule has 1 aromatic rings.